The second-order valence-electron chi connectivity index (χ2n) is 30.7. The first-order valence-electron chi connectivity index (χ1n) is 38.8. The Bertz CT molecular complexity index is 3210. The summed E-state index contributed by atoms with van der Waals surface area (Å²) in [6, 6.07) is -7.83. The molecule has 702 valence electrons. The maximum Gasteiger partial charge on any atom is 0.217 e. The minimum absolute atomic E-state index is 0.910. The lowest BCUT2D eigenvalue weighted by molar-refractivity contribution is -0.401. The van der Waals surface area contributed by atoms with Crippen LogP contribution in [0.1, 0.15) is 41.5 Å². The number of carbonyl (C=O) groups is 4. The van der Waals surface area contributed by atoms with Crippen LogP contribution >= 0.6 is 0 Å². The molecule has 4 amide bonds. The number of nitrogens with one attached hydrogen (secondary N) is 4. The Balaban J connectivity index is 1.02. The molecule has 0 bridgehead atoms. The SMILES string of the molecule is CC(=O)N[C@H]1[C@H](OC[C@@H](O)[C@H](O)[C@H](O[C@@H]2O[C@H](CO)[C@H](O)[C@H](O[C@H]3O[C@H](CO)[C@H](O)[C@H](O[C@H]4O[C@H](CO)[C@H](O)[C@H](O)[C@H]4O)[C@H]3NC(C)=O)[C@H]2O[C@@H]2O[C@@H](C)[C@@H](O)[C@@H](O)[C@@H]2O)[C@H](CO)NC(C)=O)O[C@H](CO)[C@@H](O[C@@H]2O[C@H](CO)[C@H](O)[C@H](O[C@H]3O[C@H](CO)[C@H](O)[C@H](O[C@H]4O[C@H](CO)[C@H](O)[C@H](O)[C@H]4O)[C@H]3NC(C)=O)[C@H]2O[C@@H]2O[C@@H](C)[C@@H](O)[C@@H](O)[C@@H]2O)[C@@H]1O. The van der Waals surface area contributed by atoms with Crippen LogP contribution < -0.4 is 21.3 Å². The molecule has 9 rings (SSSR count). The smallest absolute Gasteiger partial charge is 0.217 e. The summed E-state index contributed by atoms with van der Waals surface area (Å²) in [5.74, 6) is -3.90. The van der Waals surface area contributed by atoms with Crippen molar-refractivity contribution < 1.29 is 242 Å². The Morgan fingerprint density at radius 3 is 0.967 bits per heavy atom. The monoisotopic (exact) mass is 1770 g/mol. The van der Waals surface area contributed by atoms with Crippen molar-refractivity contribution in [1.29, 1.82) is 0 Å². The van der Waals surface area contributed by atoms with Crippen molar-refractivity contribution in [3.63, 3.8) is 0 Å². The third kappa shape index (κ3) is 22.9. The van der Waals surface area contributed by atoms with Crippen LogP contribution in [0.3, 0.4) is 0 Å². The minimum atomic E-state index is -2.60. The second-order valence-corrected chi connectivity index (χ2v) is 30.7. The summed E-state index contributed by atoms with van der Waals surface area (Å²) < 4.78 is 108. The first-order chi connectivity index (χ1) is 57.1. The van der Waals surface area contributed by atoms with Gasteiger partial charge in [0.15, 0.2) is 56.6 Å². The van der Waals surface area contributed by atoms with E-state index in [-0.39, 0.29) is 0 Å². The van der Waals surface area contributed by atoms with Crippen LogP contribution in [0.4, 0.5) is 0 Å². The third-order valence-corrected chi connectivity index (χ3v) is 22.1. The van der Waals surface area contributed by atoms with Gasteiger partial charge in [-0.2, -0.15) is 0 Å². The number of ether oxygens (including phenoxy) is 18. The molecule has 9 aliphatic heterocycles. The lowest BCUT2D eigenvalue weighted by Crippen LogP contribution is -2.71. The van der Waals surface area contributed by atoms with Gasteiger partial charge >= 0.3 is 0 Å². The lowest BCUT2D eigenvalue weighted by Gasteiger charge is -2.52. The van der Waals surface area contributed by atoms with Crippen LogP contribution in [0.2, 0.25) is 0 Å². The zero-order valence-corrected chi connectivity index (χ0v) is 65.7. The molecule has 0 aliphatic carbocycles. The molecule has 121 heavy (non-hydrogen) atoms. The maximum atomic E-state index is 13.2. The van der Waals surface area contributed by atoms with Gasteiger partial charge in [0.2, 0.25) is 23.6 Å². The van der Waals surface area contributed by atoms with E-state index < -0.39 is 384 Å². The molecule has 0 aromatic heterocycles. The fourth-order valence-corrected chi connectivity index (χ4v) is 15.4. The van der Waals surface area contributed by atoms with Crippen molar-refractivity contribution in [2.75, 3.05) is 59.5 Å². The molecule has 49 atom stereocenters. The van der Waals surface area contributed by atoms with Gasteiger partial charge in [-0.15, -0.1) is 0 Å². The van der Waals surface area contributed by atoms with Crippen LogP contribution in [0, 0.1) is 0 Å². The normalized spacial score (nSPS) is 47.3. The highest BCUT2D eigenvalue weighted by atomic mass is 16.8. The average molecular weight is 1770 g/mol. The van der Waals surface area contributed by atoms with Gasteiger partial charge in [-0.3, -0.25) is 19.2 Å². The van der Waals surface area contributed by atoms with E-state index >= 15 is 0 Å². The number of amides is 4. The number of aliphatic hydroxyl groups is 27. The Morgan fingerprint density at radius 1 is 0.298 bits per heavy atom. The third-order valence-electron chi connectivity index (χ3n) is 22.1. The van der Waals surface area contributed by atoms with Gasteiger partial charge in [0.1, 0.15) is 226 Å². The van der Waals surface area contributed by atoms with E-state index in [1.165, 1.54) is 13.8 Å². The van der Waals surface area contributed by atoms with E-state index in [1.54, 1.807) is 0 Å². The highest BCUT2D eigenvalue weighted by Gasteiger charge is 2.62. The number of hydrogen-bond donors (Lipinski definition) is 31. The van der Waals surface area contributed by atoms with Crippen molar-refractivity contribution in [3.05, 3.63) is 0 Å². The van der Waals surface area contributed by atoms with Gasteiger partial charge in [-0.25, -0.2) is 0 Å². The molecule has 0 unspecified atom stereocenters. The fourth-order valence-electron chi connectivity index (χ4n) is 15.4. The highest BCUT2D eigenvalue weighted by molar-refractivity contribution is 5.74. The number of carbonyl (C=O) groups excluding carboxylic acids is 4. The second kappa shape index (κ2) is 44.4. The van der Waals surface area contributed by atoms with Crippen molar-refractivity contribution in [2.45, 2.75) is 342 Å². The molecule has 53 nitrogen and oxygen atoms in total. The van der Waals surface area contributed by atoms with Crippen molar-refractivity contribution in [2.24, 2.45) is 0 Å². The van der Waals surface area contributed by atoms with Gasteiger partial charge in [-0.05, 0) is 13.8 Å². The van der Waals surface area contributed by atoms with Crippen LogP contribution in [0.15, 0.2) is 0 Å². The fraction of sp³-hybridized carbons (Fsp3) is 0.941. The average Bonchev–Trinajstić information content (AvgIpc) is 0.765. The Kier molecular flexibility index (Phi) is 37.0. The van der Waals surface area contributed by atoms with Crippen LogP contribution in [0.25, 0.3) is 0 Å². The number of hydrogen-bond acceptors (Lipinski definition) is 49. The molecule has 0 spiro atoms. The van der Waals surface area contributed by atoms with Gasteiger partial charge in [-0.1, -0.05) is 0 Å². The lowest BCUT2D eigenvalue weighted by atomic mass is 9.93. The standard InChI is InChI=1S/C68H116N4O49/c1-16-34(86)44(96)48(100)63(105-16)120-58-56(118-61-32(71-20(5)83)54(39(91)26(10-76)107-61)116-65-50(102)46(98)37(89)24(8-74)109-65)41(93)28(12-78)111-67(58)114-52(22(7-73)69-18(3)81)36(88)23(85)15-104-60-31(70-19(4)82)43(95)53(30(14-80)113-60)115-68-59(121-64-49(101)45(97)35(87)17(2)106-64)57(42(94)29(13-79)112-68)119-62-33(72-21(6)84)55(40(92)27(11-77)108-62)117-66-51(103)47(99)38(90)25(9-75)110-66/h16-17,22-68,73-80,85-103H,7-15H2,1-6H3,(H,69,81)(H,70,82)(H,71,83)(H,72,84)/t16-,17-,22-,23+,24+,25+,26+,27+,28+,29+,30+,31+,32+,33+,34+,35+,36-,37-,38-,39-,40-,41-,42-,43+,44+,45+,46-,47-,48-,49-,50+,51+,52+,53+,54+,55+,56-,57-,58+,59+,60+,61+,62+,63-,64-,65+,66+,67-,68-/m0/s1. The minimum Gasteiger partial charge on any atom is -0.394 e. The molecule has 31 N–H and O–H groups in total. The molecule has 9 fully saturated rings. The molecular weight excluding hydrogens is 1660 g/mol. The quantitative estimate of drug-likeness (QED) is 0.0284. The van der Waals surface area contributed by atoms with E-state index in [2.05, 4.69) is 21.3 Å². The largest absolute Gasteiger partial charge is 0.394 e. The molecular formula is C68H116N4O49. The van der Waals surface area contributed by atoms with Crippen LogP contribution in [-0.4, -0.2) is 521 Å². The van der Waals surface area contributed by atoms with Gasteiger partial charge in [0.25, 0.3) is 0 Å². The number of rotatable bonds is 34. The summed E-state index contributed by atoms with van der Waals surface area (Å²) in [5, 5.41) is 310. The molecule has 0 saturated carbocycles. The summed E-state index contributed by atoms with van der Waals surface area (Å²) in [4.78, 5) is 52.4. The summed E-state index contributed by atoms with van der Waals surface area (Å²) in [6.07, 6.45) is -94.0. The zero-order valence-electron chi connectivity index (χ0n) is 65.7. The van der Waals surface area contributed by atoms with Crippen molar-refractivity contribution in [3.8, 4) is 0 Å². The van der Waals surface area contributed by atoms with Crippen molar-refractivity contribution >= 4 is 23.6 Å². The summed E-state index contributed by atoms with van der Waals surface area (Å²) in [7, 11) is 0. The predicted molar refractivity (Wildman–Crippen MR) is 375 cm³/mol. The number of aliphatic hydroxyl groups excluding tert-OH is 27. The van der Waals surface area contributed by atoms with Crippen molar-refractivity contribution in [1.82, 2.24) is 21.3 Å². The summed E-state index contributed by atoms with van der Waals surface area (Å²) in [5.41, 5.74) is 0. The van der Waals surface area contributed by atoms with E-state index in [0.717, 1.165) is 27.7 Å². The van der Waals surface area contributed by atoms with Crippen LogP contribution in [0.5, 0.6) is 0 Å². The molecule has 0 aromatic rings. The van der Waals surface area contributed by atoms with E-state index in [9.17, 15) is 157 Å². The topological polar surface area (TPSA) is 829 Å². The van der Waals surface area contributed by atoms with Gasteiger partial charge < -0.3 is 244 Å². The van der Waals surface area contributed by atoms with Gasteiger partial charge in [0.05, 0.1) is 77.7 Å². The van der Waals surface area contributed by atoms with Crippen LogP contribution in [-0.2, 0) is 104 Å². The first kappa shape index (κ1) is 101. The predicted octanol–water partition coefficient (Wildman–Crippen LogP) is -20.5. The Labute approximate surface area is 686 Å². The molecule has 9 heterocycles. The molecule has 0 radical (unpaired) electrons. The van der Waals surface area contributed by atoms with Gasteiger partial charge in [0, 0.05) is 27.7 Å². The Hall–Kier alpha value is -3.92. The highest BCUT2D eigenvalue weighted by Crippen LogP contribution is 2.41. The molecule has 53 heteroatoms. The summed E-state index contributed by atoms with van der Waals surface area (Å²) in [6.45, 7) is -4.33. The van der Waals surface area contributed by atoms with E-state index in [4.69, 9.17) is 85.3 Å². The van der Waals surface area contributed by atoms with E-state index in [0.29, 0.717) is 0 Å². The molecule has 0 aromatic carbocycles. The van der Waals surface area contributed by atoms with E-state index in [1.807, 2.05) is 0 Å². The Morgan fingerprint density at radius 2 is 0.595 bits per heavy atom. The zero-order chi connectivity index (χ0) is 89.5. The molecule has 9 saturated heterocycles. The summed E-state index contributed by atoms with van der Waals surface area (Å²) >= 11 is 0. The molecule has 9 aliphatic rings. The first-order valence-corrected chi connectivity index (χ1v) is 38.8. The maximum absolute atomic E-state index is 13.2.